The number of aliphatic hydroxyl groups is 1. The Kier molecular flexibility index (Phi) is 26.4. The van der Waals surface area contributed by atoms with Crippen molar-refractivity contribution in [2.45, 2.75) is 145 Å². The molecule has 6 nitrogen and oxygen atoms in total. The fourth-order valence-electron chi connectivity index (χ4n) is 7.17. The van der Waals surface area contributed by atoms with Crippen molar-refractivity contribution >= 4 is 23.1 Å². The molecule has 7 rings (SSSR count). The minimum absolute atomic E-state index is 0.137. The van der Waals surface area contributed by atoms with Crippen molar-refractivity contribution < 1.29 is 19.8 Å². The van der Waals surface area contributed by atoms with Crippen LogP contribution in [-0.2, 0) is 13.0 Å². The van der Waals surface area contributed by atoms with Gasteiger partial charge in [0.1, 0.15) is 0 Å². The smallest absolute Gasteiger partial charge is 0.335 e. The molecule has 0 saturated heterocycles. The lowest BCUT2D eigenvalue weighted by Crippen LogP contribution is -2.02. The van der Waals surface area contributed by atoms with E-state index >= 15 is 0 Å². The maximum atomic E-state index is 11.4. The summed E-state index contributed by atoms with van der Waals surface area (Å²) in [7, 11) is 1.89. The van der Waals surface area contributed by atoms with E-state index in [1.807, 2.05) is 43.4 Å². The lowest BCUT2D eigenvalue weighted by atomic mass is 9.98. The van der Waals surface area contributed by atoms with E-state index in [1.54, 1.807) is 12.1 Å². The van der Waals surface area contributed by atoms with Gasteiger partial charge in [0.2, 0.25) is 0 Å². The van der Waals surface area contributed by atoms with E-state index in [1.165, 1.54) is 44.5 Å². The fourth-order valence-corrected chi connectivity index (χ4v) is 7.17. The molecule has 0 atom stereocenters. The van der Waals surface area contributed by atoms with Crippen molar-refractivity contribution in [3.05, 3.63) is 225 Å². The lowest BCUT2D eigenvalue weighted by Gasteiger charge is -2.08. The van der Waals surface area contributed by atoms with E-state index in [4.69, 9.17) is 15.9 Å². The van der Waals surface area contributed by atoms with Crippen molar-refractivity contribution in [3.63, 3.8) is 0 Å². The van der Waals surface area contributed by atoms with Crippen LogP contribution in [0.5, 0.6) is 0 Å². The number of nitrogens with two attached hydrogens (primary N) is 1. The zero-order valence-corrected chi connectivity index (χ0v) is 45.6. The van der Waals surface area contributed by atoms with Gasteiger partial charge in [-0.15, -0.1) is 0 Å². The average molecular weight is 959 g/mol. The van der Waals surface area contributed by atoms with Gasteiger partial charge in [0.05, 0.1) is 12.2 Å². The van der Waals surface area contributed by atoms with Crippen LogP contribution in [0.2, 0.25) is 0 Å². The summed E-state index contributed by atoms with van der Waals surface area (Å²) in [4.78, 5) is 21.9. The molecule has 380 valence electrons. The predicted octanol–water partition coefficient (Wildman–Crippen LogP) is 16.6. The van der Waals surface area contributed by atoms with Crippen LogP contribution < -0.4 is 11.1 Å². The molecule has 0 saturated carbocycles. The first kappa shape index (κ1) is 60.6. The quantitative estimate of drug-likeness (QED) is 0.103. The second-order valence-corrected chi connectivity index (χ2v) is 20.0. The number of hydrogen-bond donors (Lipinski definition) is 4. The Morgan fingerprint density at radius 1 is 0.535 bits per heavy atom. The predicted molar refractivity (Wildman–Crippen MR) is 305 cm³/mol. The van der Waals surface area contributed by atoms with Gasteiger partial charge in [0.25, 0.3) is 0 Å². The summed E-state index contributed by atoms with van der Waals surface area (Å²) in [5.41, 5.74) is 22.1. The summed E-state index contributed by atoms with van der Waals surface area (Å²) in [6, 6.07) is 46.7. The van der Waals surface area contributed by atoms with Crippen LogP contribution in [0.25, 0.3) is 11.4 Å². The summed E-state index contributed by atoms with van der Waals surface area (Å²) < 4.78 is 0. The minimum Gasteiger partial charge on any atom is -0.478 e. The number of aryl methyl sites for hydroxylation is 2. The van der Waals surface area contributed by atoms with Crippen molar-refractivity contribution in [3.8, 4) is 0 Å². The Balaban J connectivity index is 0.000000293. The highest BCUT2D eigenvalue weighted by Crippen LogP contribution is 2.26. The van der Waals surface area contributed by atoms with Crippen LogP contribution in [0.15, 0.2) is 153 Å². The molecule has 0 spiro atoms. The second-order valence-electron chi connectivity index (χ2n) is 20.0. The maximum Gasteiger partial charge on any atom is 0.335 e. The molecule has 0 radical (unpaired) electrons. The zero-order chi connectivity index (χ0) is 53.4. The molecule has 1 aliphatic rings. The number of benzene rings is 6. The van der Waals surface area contributed by atoms with Crippen molar-refractivity contribution in [1.29, 1.82) is 0 Å². The number of Topliss-reactive ketones (excluding diaryl/α,β-unsaturated/α-hetero) is 1. The monoisotopic (exact) mass is 959 g/mol. The van der Waals surface area contributed by atoms with Crippen molar-refractivity contribution in [2.24, 2.45) is 5.73 Å². The van der Waals surface area contributed by atoms with E-state index in [0.717, 1.165) is 34.4 Å². The molecule has 0 fully saturated rings. The molecule has 71 heavy (non-hydrogen) atoms. The number of carboxylic acids is 1. The molecule has 1 aliphatic carbocycles. The van der Waals surface area contributed by atoms with Crippen LogP contribution in [0.1, 0.15) is 207 Å². The summed E-state index contributed by atoms with van der Waals surface area (Å²) in [5.74, 6) is 2.78. The van der Waals surface area contributed by atoms with E-state index in [2.05, 4.69) is 199 Å². The Labute approximate surface area is 429 Å². The number of rotatable bonds is 11. The number of aromatic carboxylic acids is 1. The number of carbonyl (C=O) groups is 2. The molecule has 5 N–H and O–H groups in total. The third-order valence-corrected chi connectivity index (χ3v) is 12.2. The van der Waals surface area contributed by atoms with Crippen LogP contribution >= 0.6 is 0 Å². The highest BCUT2D eigenvalue weighted by atomic mass is 16.4. The molecule has 0 heterocycles. The molecule has 6 heteroatoms. The topological polar surface area (TPSA) is 113 Å². The first-order valence-corrected chi connectivity index (χ1v) is 25.3. The standard InChI is InChI=1S/C12H17N.C12H14O.C11H15N.C10H12O2.C10H14O.C10H14/c1-9(2)11-5-7-12(8-6-11)10(3)13-4;1-8(2)10-4-3-9-5-6-12(13)11(9)7-10;1-8(2)10-5-4-6-11(7-10)9(3)12;1-7(2)8-3-5-9(6-4-8)10(11)12;1-8(2)10-5-3-9(7-11)4-6-10;1-8(2)10-6-4-5-9(3)7-10/h5-9,13H,3H2,1-2,4H3;3-4,7-8H,5-6H2,1-2H3;4-8H,3,12H2,1-2H3;3-7H,1-2H3,(H,11,12);3-6,8,11H,7H2,1-2H3;4-8H,1-3H3. The lowest BCUT2D eigenvalue weighted by molar-refractivity contribution is 0.0696. The molecule has 0 amide bonds. The first-order valence-electron chi connectivity index (χ1n) is 25.3. The highest BCUT2D eigenvalue weighted by molar-refractivity contribution is 6.00. The Bertz CT molecular complexity index is 2550. The number of aliphatic hydroxyl groups excluding tert-OH is 1. The van der Waals surface area contributed by atoms with E-state index < -0.39 is 5.97 Å². The number of fused-ring (bicyclic) bond motifs is 1. The van der Waals surface area contributed by atoms with Crippen LogP contribution in [0.3, 0.4) is 0 Å². The Morgan fingerprint density at radius 2 is 0.944 bits per heavy atom. The van der Waals surface area contributed by atoms with Gasteiger partial charge >= 0.3 is 5.97 Å². The minimum atomic E-state index is -0.870. The van der Waals surface area contributed by atoms with Crippen molar-refractivity contribution in [1.82, 2.24) is 5.32 Å². The third kappa shape index (κ3) is 21.6. The first-order chi connectivity index (χ1) is 33.5. The molecular weight excluding hydrogens is 873 g/mol. The summed E-state index contributed by atoms with van der Waals surface area (Å²) in [6.07, 6.45) is 1.64. The number of carboxylic acid groups (broad SMARTS) is 1. The second kappa shape index (κ2) is 31.0. The SMILES string of the molecule is C=C(N)c1cccc(C(C)C)c1.C=C(NC)c1ccc(C(C)C)cc1.CC(C)c1ccc(C(=O)O)cc1.CC(C)c1ccc(CO)cc1.CC(C)c1ccc2c(c1)C(=O)CC2.Cc1cccc(C(C)C)c1. The molecular formula is C65H86N2O4. The molecule has 6 aromatic rings. The van der Waals surface area contributed by atoms with Gasteiger partial charge in [-0.05, 0) is 129 Å². The van der Waals surface area contributed by atoms with E-state index in [-0.39, 0.29) is 6.61 Å². The van der Waals surface area contributed by atoms with E-state index in [9.17, 15) is 9.59 Å². The summed E-state index contributed by atoms with van der Waals surface area (Å²) in [6.45, 7) is 35.8. The molecule has 0 unspecified atom stereocenters. The average Bonchev–Trinajstić information content (AvgIpc) is 3.74. The summed E-state index contributed by atoms with van der Waals surface area (Å²) >= 11 is 0. The van der Waals surface area contributed by atoms with Gasteiger partial charge in [-0.2, -0.15) is 0 Å². The van der Waals surface area contributed by atoms with Crippen LogP contribution in [-0.4, -0.2) is 29.0 Å². The van der Waals surface area contributed by atoms with Gasteiger partial charge in [-0.1, -0.05) is 217 Å². The molecule has 0 bridgehead atoms. The van der Waals surface area contributed by atoms with Crippen LogP contribution in [0, 0.1) is 6.92 Å². The van der Waals surface area contributed by atoms with E-state index in [0.29, 0.717) is 59.0 Å². The number of nitrogens with one attached hydrogen (secondary N) is 1. The largest absolute Gasteiger partial charge is 0.478 e. The van der Waals surface area contributed by atoms with Crippen molar-refractivity contribution in [2.75, 3.05) is 7.05 Å². The Morgan fingerprint density at radius 3 is 1.34 bits per heavy atom. The van der Waals surface area contributed by atoms with Gasteiger partial charge in [0.15, 0.2) is 5.78 Å². The highest BCUT2D eigenvalue weighted by Gasteiger charge is 2.19. The molecule has 0 aliphatic heterocycles. The molecule has 6 aromatic carbocycles. The summed E-state index contributed by atoms with van der Waals surface area (Å²) in [5, 5.41) is 20.4. The molecule has 0 aromatic heterocycles. The van der Waals surface area contributed by atoms with Gasteiger partial charge < -0.3 is 21.3 Å². The Hall–Kier alpha value is -6.50. The fraction of sp³-hybridized carbons (Fsp3) is 0.354. The third-order valence-electron chi connectivity index (χ3n) is 12.2. The number of ketones is 1. The van der Waals surface area contributed by atoms with Gasteiger partial charge in [0, 0.05) is 30.4 Å². The normalized spacial score (nSPS) is 11.2. The number of carbonyl (C=O) groups excluding carboxylic acids is 1. The van der Waals surface area contributed by atoms with Gasteiger partial charge in [-0.3, -0.25) is 4.79 Å². The van der Waals surface area contributed by atoms with Crippen LogP contribution in [0.4, 0.5) is 0 Å². The van der Waals surface area contributed by atoms with Gasteiger partial charge in [-0.25, -0.2) is 4.79 Å². The zero-order valence-electron chi connectivity index (χ0n) is 45.6. The number of hydrogen-bond acceptors (Lipinski definition) is 5. The maximum absolute atomic E-state index is 11.4.